The van der Waals surface area contributed by atoms with Gasteiger partial charge in [0.25, 0.3) is 0 Å². The highest BCUT2D eigenvalue weighted by Gasteiger charge is 2.01. The highest BCUT2D eigenvalue weighted by Crippen LogP contribution is 2.14. The molecular weight excluding hydrogens is 287 g/mol. The Kier molecular flexibility index (Phi) is 3.83. The van der Waals surface area contributed by atoms with E-state index in [1.807, 2.05) is 37.3 Å². The molecule has 0 fully saturated rings. The molecule has 0 aliphatic carbocycles. The Balaban J connectivity index is 0.000000980. The minimum atomic E-state index is 0. The van der Waals surface area contributed by atoms with Crippen molar-refractivity contribution in [2.45, 2.75) is 13.0 Å². The zero-order valence-corrected chi connectivity index (χ0v) is 10.3. The minimum Gasteiger partial charge on any atom is -0.323 e. The lowest BCUT2D eigenvalue weighted by Gasteiger charge is -2.05. The molecule has 14 heavy (non-hydrogen) atoms. The van der Waals surface area contributed by atoms with Gasteiger partial charge >= 0.3 is 0 Å². The maximum absolute atomic E-state index is 5.74. The van der Waals surface area contributed by atoms with Gasteiger partial charge in [0.05, 0.1) is 11.2 Å². The SMILES string of the molecule is CC(N)c1ccc2ccccc2n1.I. The van der Waals surface area contributed by atoms with Crippen LogP contribution in [-0.2, 0) is 0 Å². The Morgan fingerprint density at radius 2 is 1.86 bits per heavy atom. The van der Waals surface area contributed by atoms with Crippen LogP contribution in [0, 0.1) is 0 Å². The van der Waals surface area contributed by atoms with E-state index in [-0.39, 0.29) is 30.0 Å². The number of aromatic nitrogens is 1. The fourth-order valence-corrected chi connectivity index (χ4v) is 1.34. The molecule has 0 aliphatic rings. The molecule has 3 heteroatoms. The standard InChI is InChI=1S/C11H12N2.HI/c1-8(12)10-7-6-9-4-2-3-5-11(9)13-10;/h2-8H,12H2,1H3;1H. The highest BCUT2D eigenvalue weighted by atomic mass is 127. The first-order chi connectivity index (χ1) is 6.27. The van der Waals surface area contributed by atoms with Crippen LogP contribution in [0.4, 0.5) is 0 Å². The summed E-state index contributed by atoms with van der Waals surface area (Å²) in [6.07, 6.45) is 0. The summed E-state index contributed by atoms with van der Waals surface area (Å²) < 4.78 is 0. The van der Waals surface area contributed by atoms with Crippen molar-refractivity contribution >= 4 is 34.9 Å². The molecule has 1 unspecified atom stereocenters. The van der Waals surface area contributed by atoms with Crippen molar-refractivity contribution < 1.29 is 0 Å². The van der Waals surface area contributed by atoms with Crippen molar-refractivity contribution in [1.82, 2.24) is 4.98 Å². The monoisotopic (exact) mass is 300 g/mol. The molecule has 0 amide bonds. The van der Waals surface area contributed by atoms with Gasteiger partial charge in [-0.2, -0.15) is 0 Å². The fourth-order valence-electron chi connectivity index (χ4n) is 1.34. The van der Waals surface area contributed by atoms with Crippen molar-refractivity contribution in [3.8, 4) is 0 Å². The van der Waals surface area contributed by atoms with E-state index in [9.17, 15) is 0 Å². The smallest absolute Gasteiger partial charge is 0.0706 e. The third-order valence-corrected chi connectivity index (χ3v) is 2.09. The van der Waals surface area contributed by atoms with Gasteiger partial charge in [0.15, 0.2) is 0 Å². The average molecular weight is 300 g/mol. The van der Waals surface area contributed by atoms with Crippen molar-refractivity contribution in [3.63, 3.8) is 0 Å². The lowest BCUT2D eigenvalue weighted by atomic mass is 10.1. The summed E-state index contributed by atoms with van der Waals surface area (Å²) in [5.41, 5.74) is 7.70. The van der Waals surface area contributed by atoms with Crippen LogP contribution >= 0.6 is 24.0 Å². The Morgan fingerprint density at radius 3 is 2.57 bits per heavy atom. The number of benzene rings is 1. The number of nitrogens with zero attached hydrogens (tertiary/aromatic N) is 1. The summed E-state index contributed by atoms with van der Waals surface area (Å²) in [5, 5.41) is 1.16. The molecule has 2 N–H and O–H groups in total. The molecular formula is C11H13IN2. The summed E-state index contributed by atoms with van der Waals surface area (Å²) in [6, 6.07) is 12.1. The number of nitrogens with two attached hydrogens (primary N) is 1. The van der Waals surface area contributed by atoms with Crippen LogP contribution in [-0.4, -0.2) is 4.98 Å². The molecule has 1 atom stereocenters. The topological polar surface area (TPSA) is 38.9 Å². The van der Waals surface area contributed by atoms with Crippen molar-refractivity contribution in [2.75, 3.05) is 0 Å². The van der Waals surface area contributed by atoms with Crippen molar-refractivity contribution in [1.29, 1.82) is 0 Å². The second-order valence-corrected chi connectivity index (χ2v) is 3.22. The molecule has 2 aromatic rings. The van der Waals surface area contributed by atoms with E-state index in [2.05, 4.69) is 11.1 Å². The first-order valence-corrected chi connectivity index (χ1v) is 4.38. The maximum atomic E-state index is 5.74. The van der Waals surface area contributed by atoms with Gasteiger partial charge < -0.3 is 5.73 Å². The minimum absolute atomic E-state index is 0. The highest BCUT2D eigenvalue weighted by molar-refractivity contribution is 14.0. The third kappa shape index (κ3) is 2.22. The zero-order chi connectivity index (χ0) is 9.26. The molecule has 0 spiro atoms. The van der Waals surface area contributed by atoms with E-state index in [1.165, 1.54) is 0 Å². The van der Waals surface area contributed by atoms with E-state index in [0.29, 0.717) is 0 Å². The summed E-state index contributed by atoms with van der Waals surface area (Å²) in [6.45, 7) is 1.94. The van der Waals surface area contributed by atoms with E-state index in [1.54, 1.807) is 0 Å². The quantitative estimate of drug-likeness (QED) is 0.823. The van der Waals surface area contributed by atoms with Gasteiger partial charge in [0.2, 0.25) is 0 Å². The van der Waals surface area contributed by atoms with E-state index in [4.69, 9.17) is 5.73 Å². The maximum Gasteiger partial charge on any atom is 0.0706 e. The summed E-state index contributed by atoms with van der Waals surface area (Å²) in [5.74, 6) is 0. The van der Waals surface area contributed by atoms with Gasteiger partial charge in [-0.25, -0.2) is 0 Å². The number of para-hydroxylation sites is 1. The Morgan fingerprint density at radius 1 is 1.14 bits per heavy atom. The largest absolute Gasteiger partial charge is 0.323 e. The number of rotatable bonds is 1. The van der Waals surface area contributed by atoms with E-state index >= 15 is 0 Å². The molecule has 0 radical (unpaired) electrons. The van der Waals surface area contributed by atoms with Crippen LogP contribution in [0.3, 0.4) is 0 Å². The second-order valence-electron chi connectivity index (χ2n) is 3.22. The van der Waals surface area contributed by atoms with Crippen LogP contribution in [0.2, 0.25) is 0 Å². The van der Waals surface area contributed by atoms with Crippen LogP contribution in [0.1, 0.15) is 18.7 Å². The van der Waals surface area contributed by atoms with E-state index in [0.717, 1.165) is 16.6 Å². The molecule has 1 heterocycles. The number of fused-ring (bicyclic) bond motifs is 1. The third-order valence-electron chi connectivity index (χ3n) is 2.09. The first kappa shape index (κ1) is 11.4. The van der Waals surface area contributed by atoms with Crippen LogP contribution < -0.4 is 5.73 Å². The van der Waals surface area contributed by atoms with Gasteiger partial charge in [0, 0.05) is 11.4 Å². The van der Waals surface area contributed by atoms with Crippen LogP contribution in [0.15, 0.2) is 36.4 Å². The molecule has 0 saturated carbocycles. The lowest BCUT2D eigenvalue weighted by Crippen LogP contribution is -2.06. The van der Waals surface area contributed by atoms with Gasteiger partial charge in [0.1, 0.15) is 0 Å². The first-order valence-electron chi connectivity index (χ1n) is 4.38. The van der Waals surface area contributed by atoms with Crippen LogP contribution in [0.5, 0.6) is 0 Å². The van der Waals surface area contributed by atoms with E-state index < -0.39 is 0 Å². The normalized spacial score (nSPS) is 12.1. The molecule has 2 rings (SSSR count). The van der Waals surface area contributed by atoms with Gasteiger partial charge in [-0.05, 0) is 19.1 Å². The molecule has 1 aromatic carbocycles. The molecule has 74 valence electrons. The second kappa shape index (κ2) is 4.70. The number of hydrogen-bond donors (Lipinski definition) is 1. The molecule has 0 saturated heterocycles. The summed E-state index contributed by atoms with van der Waals surface area (Å²) in [4.78, 5) is 4.45. The number of halogens is 1. The molecule has 0 aliphatic heterocycles. The molecule has 0 bridgehead atoms. The lowest BCUT2D eigenvalue weighted by molar-refractivity contribution is 0.787. The Labute approximate surface area is 101 Å². The molecule has 1 aromatic heterocycles. The number of pyridine rings is 1. The van der Waals surface area contributed by atoms with Crippen molar-refractivity contribution in [3.05, 3.63) is 42.1 Å². The predicted molar refractivity (Wildman–Crippen MR) is 69.8 cm³/mol. The average Bonchev–Trinajstić information content (AvgIpc) is 2.17. The Hall–Kier alpha value is -0.680. The van der Waals surface area contributed by atoms with Gasteiger partial charge in [-0.1, -0.05) is 24.3 Å². The number of hydrogen-bond acceptors (Lipinski definition) is 2. The van der Waals surface area contributed by atoms with Gasteiger partial charge in [-0.15, -0.1) is 24.0 Å². The van der Waals surface area contributed by atoms with Crippen LogP contribution in [0.25, 0.3) is 10.9 Å². The summed E-state index contributed by atoms with van der Waals surface area (Å²) in [7, 11) is 0. The van der Waals surface area contributed by atoms with Gasteiger partial charge in [-0.3, -0.25) is 4.98 Å². The van der Waals surface area contributed by atoms with Crippen molar-refractivity contribution in [2.24, 2.45) is 5.73 Å². The predicted octanol–water partition coefficient (Wildman–Crippen LogP) is 2.87. The fraction of sp³-hybridized carbons (Fsp3) is 0.182. The zero-order valence-electron chi connectivity index (χ0n) is 7.97. The molecule has 2 nitrogen and oxygen atoms in total. The summed E-state index contributed by atoms with van der Waals surface area (Å²) >= 11 is 0. The Bertz CT molecular complexity index is 426.